The SMILES string of the molecule is COC[C@H](C)OC(=O)[C@@H](N)Cc1cc(F)c(-c2c(OC)cc(C)n(C)c2=O)c2ncccc12. The van der Waals surface area contributed by atoms with Crippen LogP contribution in [0.25, 0.3) is 22.0 Å². The molecule has 0 aliphatic carbocycles. The number of aryl methyl sites for hydroxylation is 1. The van der Waals surface area contributed by atoms with E-state index in [2.05, 4.69) is 4.98 Å². The molecule has 0 radical (unpaired) electrons. The van der Waals surface area contributed by atoms with Crippen molar-refractivity contribution in [2.24, 2.45) is 12.8 Å². The highest BCUT2D eigenvalue weighted by Crippen LogP contribution is 2.36. The molecule has 0 spiro atoms. The minimum atomic E-state index is -1.01. The van der Waals surface area contributed by atoms with E-state index < -0.39 is 29.5 Å². The van der Waals surface area contributed by atoms with E-state index in [9.17, 15) is 9.59 Å². The number of halogens is 1. The molecule has 2 heterocycles. The largest absolute Gasteiger partial charge is 0.496 e. The molecule has 8 nitrogen and oxygen atoms in total. The van der Waals surface area contributed by atoms with Gasteiger partial charge in [-0.3, -0.25) is 14.6 Å². The third-order valence-corrected chi connectivity index (χ3v) is 5.50. The van der Waals surface area contributed by atoms with Crippen molar-refractivity contribution in [1.29, 1.82) is 0 Å². The standard InChI is InChI=1S/C24H28FN3O5/c1-13-9-19(32-5)21(23(29)28(13)3)20-17(25)10-15(16-7-6-8-27-22(16)20)11-18(26)24(30)33-14(2)12-31-4/h6-10,14,18H,11-12,26H2,1-5H3/t14-,18-/m0/s1. The number of aromatic nitrogens is 2. The summed E-state index contributed by atoms with van der Waals surface area (Å²) in [5.74, 6) is -1.03. The van der Waals surface area contributed by atoms with Gasteiger partial charge >= 0.3 is 5.97 Å². The van der Waals surface area contributed by atoms with Crippen LogP contribution in [0.4, 0.5) is 4.39 Å². The maximum atomic E-state index is 15.5. The number of carbonyl (C=O) groups is 1. The minimum Gasteiger partial charge on any atom is -0.496 e. The highest BCUT2D eigenvalue weighted by molar-refractivity contribution is 5.97. The highest BCUT2D eigenvalue weighted by atomic mass is 19.1. The molecule has 3 rings (SSSR count). The zero-order chi connectivity index (χ0) is 24.3. The fraction of sp³-hybridized carbons (Fsp3) is 0.375. The molecule has 0 unspecified atom stereocenters. The second kappa shape index (κ2) is 10.1. The first-order chi connectivity index (χ1) is 15.7. The number of pyridine rings is 2. The Balaban J connectivity index is 2.11. The zero-order valence-corrected chi connectivity index (χ0v) is 19.3. The molecular weight excluding hydrogens is 429 g/mol. The third-order valence-electron chi connectivity index (χ3n) is 5.50. The van der Waals surface area contributed by atoms with Crippen LogP contribution in [-0.4, -0.2) is 48.5 Å². The minimum absolute atomic E-state index is 0.0287. The van der Waals surface area contributed by atoms with Gasteiger partial charge in [0, 0.05) is 37.5 Å². The van der Waals surface area contributed by atoms with Crippen molar-refractivity contribution in [3.05, 3.63) is 57.9 Å². The Morgan fingerprint density at radius 2 is 2.00 bits per heavy atom. The number of nitrogens with zero attached hydrogens (tertiary/aromatic N) is 2. The van der Waals surface area contributed by atoms with Gasteiger partial charge in [-0.15, -0.1) is 0 Å². The Hall–Kier alpha value is -3.30. The molecule has 9 heteroatoms. The molecule has 0 aliphatic rings. The summed E-state index contributed by atoms with van der Waals surface area (Å²) in [5.41, 5.74) is 7.20. The summed E-state index contributed by atoms with van der Waals surface area (Å²) in [6.07, 6.45) is 1.08. The molecule has 2 atom stereocenters. The first-order valence-electron chi connectivity index (χ1n) is 10.5. The number of esters is 1. The van der Waals surface area contributed by atoms with Gasteiger partial charge in [0.25, 0.3) is 5.56 Å². The molecular formula is C24H28FN3O5. The molecule has 1 aromatic carbocycles. The zero-order valence-electron chi connectivity index (χ0n) is 19.3. The number of ether oxygens (including phenoxy) is 3. The van der Waals surface area contributed by atoms with Crippen LogP contribution >= 0.6 is 0 Å². The molecule has 0 bridgehead atoms. The van der Waals surface area contributed by atoms with Gasteiger partial charge in [-0.1, -0.05) is 6.07 Å². The molecule has 176 valence electrons. The van der Waals surface area contributed by atoms with Crippen LogP contribution in [0.5, 0.6) is 5.75 Å². The number of hydrogen-bond donors (Lipinski definition) is 1. The molecule has 3 aromatic rings. The van der Waals surface area contributed by atoms with Gasteiger partial charge in [-0.25, -0.2) is 4.39 Å². The van der Waals surface area contributed by atoms with Crippen molar-refractivity contribution in [3.8, 4) is 16.9 Å². The van der Waals surface area contributed by atoms with Crippen molar-refractivity contribution in [2.75, 3.05) is 20.8 Å². The summed E-state index contributed by atoms with van der Waals surface area (Å²) in [7, 11) is 4.54. The van der Waals surface area contributed by atoms with Crippen LogP contribution in [0.3, 0.4) is 0 Å². The Morgan fingerprint density at radius 3 is 2.67 bits per heavy atom. The Labute approximate surface area is 191 Å². The van der Waals surface area contributed by atoms with Gasteiger partial charge in [0.05, 0.1) is 30.4 Å². The van der Waals surface area contributed by atoms with Gasteiger partial charge in [0.2, 0.25) is 0 Å². The van der Waals surface area contributed by atoms with E-state index in [0.717, 1.165) is 0 Å². The Morgan fingerprint density at radius 1 is 1.27 bits per heavy atom. The molecule has 0 fully saturated rings. The van der Waals surface area contributed by atoms with Crippen molar-refractivity contribution in [3.63, 3.8) is 0 Å². The Bertz CT molecular complexity index is 1240. The monoisotopic (exact) mass is 457 g/mol. The van der Waals surface area contributed by atoms with Crippen LogP contribution in [-0.2, 0) is 27.7 Å². The maximum Gasteiger partial charge on any atom is 0.323 e. The average Bonchev–Trinajstić information content (AvgIpc) is 2.78. The number of carbonyl (C=O) groups excluding carboxylic acids is 1. The first-order valence-corrected chi connectivity index (χ1v) is 10.5. The number of nitrogens with two attached hydrogens (primary N) is 1. The number of hydrogen-bond acceptors (Lipinski definition) is 7. The maximum absolute atomic E-state index is 15.5. The van der Waals surface area contributed by atoms with Crippen LogP contribution in [0, 0.1) is 12.7 Å². The predicted molar refractivity (Wildman–Crippen MR) is 123 cm³/mol. The van der Waals surface area contributed by atoms with E-state index in [1.807, 2.05) is 0 Å². The van der Waals surface area contributed by atoms with Crippen molar-refractivity contribution in [1.82, 2.24) is 9.55 Å². The predicted octanol–water partition coefficient (Wildman–Crippen LogP) is 2.50. The molecule has 0 amide bonds. The van der Waals surface area contributed by atoms with E-state index in [1.165, 1.54) is 31.0 Å². The third kappa shape index (κ3) is 4.89. The summed E-state index contributed by atoms with van der Waals surface area (Å²) in [4.78, 5) is 29.8. The molecule has 0 aliphatic heterocycles. The molecule has 0 saturated heterocycles. The normalized spacial score (nSPS) is 13.1. The van der Waals surface area contributed by atoms with Gasteiger partial charge in [0.1, 0.15) is 23.7 Å². The Kier molecular flexibility index (Phi) is 7.45. The lowest BCUT2D eigenvalue weighted by molar-refractivity contribution is -0.152. The second-order valence-corrected chi connectivity index (χ2v) is 7.90. The number of methoxy groups -OCH3 is 2. The number of fused-ring (bicyclic) bond motifs is 1. The second-order valence-electron chi connectivity index (χ2n) is 7.90. The number of benzene rings is 1. The van der Waals surface area contributed by atoms with Crippen LogP contribution in [0.2, 0.25) is 0 Å². The van der Waals surface area contributed by atoms with E-state index >= 15 is 4.39 Å². The van der Waals surface area contributed by atoms with E-state index in [-0.39, 0.29) is 35.4 Å². The van der Waals surface area contributed by atoms with Crippen molar-refractivity contribution in [2.45, 2.75) is 32.4 Å². The summed E-state index contributed by atoms with van der Waals surface area (Å²) in [5, 5.41) is 0.576. The van der Waals surface area contributed by atoms with Crippen LogP contribution in [0.1, 0.15) is 18.2 Å². The number of rotatable bonds is 8. The fourth-order valence-corrected chi connectivity index (χ4v) is 3.74. The quantitative estimate of drug-likeness (QED) is 0.518. The topological polar surface area (TPSA) is 106 Å². The van der Waals surface area contributed by atoms with E-state index in [4.69, 9.17) is 19.9 Å². The van der Waals surface area contributed by atoms with E-state index in [0.29, 0.717) is 16.6 Å². The summed E-state index contributed by atoms with van der Waals surface area (Å²) >= 11 is 0. The van der Waals surface area contributed by atoms with Gasteiger partial charge in [-0.05, 0) is 38.0 Å². The fourth-order valence-electron chi connectivity index (χ4n) is 3.74. The van der Waals surface area contributed by atoms with Crippen molar-refractivity contribution < 1.29 is 23.4 Å². The average molecular weight is 458 g/mol. The van der Waals surface area contributed by atoms with Gasteiger partial charge in [-0.2, -0.15) is 0 Å². The summed E-state index contributed by atoms with van der Waals surface area (Å²) in [6, 6.07) is 5.38. The first kappa shape index (κ1) is 24.3. The van der Waals surface area contributed by atoms with Crippen molar-refractivity contribution >= 4 is 16.9 Å². The highest BCUT2D eigenvalue weighted by Gasteiger charge is 2.25. The molecule has 2 N–H and O–H groups in total. The van der Waals surface area contributed by atoms with E-state index in [1.54, 1.807) is 39.1 Å². The van der Waals surface area contributed by atoms with Gasteiger partial charge < -0.3 is 24.5 Å². The summed E-state index contributed by atoms with van der Waals surface area (Å²) in [6.45, 7) is 3.69. The molecule has 2 aromatic heterocycles. The molecule has 33 heavy (non-hydrogen) atoms. The smallest absolute Gasteiger partial charge is 0.323 e. The lowest BCUT2D eigenvalue weighted by Gasteiger charge is -2.18. The lowest BCUT2D eigenvalue weighted by Crippen LogP contribution is -2.37. The van der Waals surface area contributed by atoms with Gasteiger partial charge in [0.15, 0.2) is 0 Å². The van der Waals surface area contributed by atoms with Crippen LogP contribution < -0.4 is 16.0 Å². The van der Waals surface area contributed by atoms with Crippen LogP contribution in [0.15, 0.2) is 35.3 Å². The molecule has 0 saturated carbocycles. The summed E-state index contributed by atoms with van der Waals surface area (Å²) < 4.78 is 32.6. The lowest BCUT2D eigenvalue weighted by atomic mass is 9.94.